The summed E-state index contributed by atoms with van der Waals surface area (Å²) < 4.78 is 6.88. The minimum atomic E-state index is -0.537. The Balaban J connectivity index is 1.97. The topological polar surface area (TPSA) is 99.3 Å². The van der Waals surface area contributed by atoms with Crippen LogP contribution in [0.5, 0.6) is 5.75 Å². The minimum absolute atomic E-state index is 0.0264. The Labute approximate surface area is 137 Å². The van der Waals surface area contributed by atoms with E-state index < -0.39 is 4.92 Å². The van der Waals surface area contributed by atoms with E-state index >= 15 is 0 Å². The fourth-order valence-electron chi connectivity index (χ4n) is 1.74. The van der Waals surface area contributed by atoms with Gasteiger partial charge in [-0.15, -0.1) is 0 Å². The van der Waals surface area contributed by atoms with E-state index in [1.165, 1.54) is 22.9 Å². The van der Waals surface area contributed by atoms with Crippen LogP contribution >= 0.6 is 11.6 Å². The number of hydrogen-bond donors (Lipinski definition) is 1. The second kappa shape index (κ2) is 7.59. The van der Waals surface area contributed by atoms with Crippen molar-refractivity contribution in [1.29, 1.82) is 0 Å². The van der Waals surface area contributed by atoms with E-state index in [0.29, 0.717) is 12.3 Å². The van der Waals surface area contributed by atoms with Gasteiger partial charge < -0.3 is 10.1 Å². The van der Waals surface area contributed by atoms with Crippen LogP contribution in [0.4, 0.5) is 5.69 Å². The van der Waals surface area contributed by atoms with Gasteiger partial charge in [-0.25, -0.2) is 4.68 Å². The highest BCUT2D eigenvalue weighted by Gasteiger charge is 2.11. The first-order valence-corrected chi connectivity index (χ1v) is 7.27. The van der Waals surface area contributed by atoms with Gasteiger partial charge in [0.15, 0.2) is 6.73 Å². The number of amides is 1. The third-order valence-corrected chi connectivity index (χ3v) is 3.18. The number of benzene rings is 1. The van der Waals surface area contributed by atoms with Gasteiger partial charge in [0.2, 0.25) is 0 Å². The van der Waals surface area contributed by atoms with Gasteiger partial charge in [0, 0.05) is 24.9 Å². The minimum Gasteiger partial charge on any atom is -0.470 e. The number of carbonyl (C=O) groups excluding carboxylic acids is 1. The summed E-state index contributed by atoms with van der Waals surface area (Å²) in [6, 6.07) is 5.50. The van der Waals surface area contributed by atoms with E-state index in [9.17, 15) is 14.9 Å². The highest BCUT2D eigenvalue weighted by molar-refractivity contribution is 6.32. The zero-order valence-corrected chi connectivity index (χ0v) is 13.1. The van der Waals surface area contributed by atoms with E-state index in [1.54, 1.807) is 12.3 Å². The molecule has 1 N–H and O–H groups in total. The van der Waals surface area contributed by atoms with Crippen LogP contribution in [-0.4, -0.2) is 27.2 Å². The molecule has 0 unspecified atom stereocenters. The van der Waals surface area contributed by atoms with Crippen LogP contribution in [0.1, 0.15) is 23.8 Å². The second-order valence-corrected chi connectivity index (χ2v) is 5.05. The van der Waals surface area contributed by atoms with Crippen LogP contribution in [0.2, 0.25) is 5.02 Å². The normalized spacial score (nSPS) is 10.3. The first kappa shape index (κ1) is 16.8. The van der Waals surface area contributed by atoms with Gasteiger partial charge in [-0.05, 0) is 18.6 Å². The van der Waals surface area contributed by atoms with E-state index in [-0.39, 0.29) is 29.0 Å². The van der Waals surface area contributed by atoms with Crippen LogP contribution in [-0.2, 0) is 6.73 Å². The molecule has 2 rings (SSSR count). The van der Waals surface area contributed by atoms with Crippen LogP contribution < -0.4 is 10.1 Å². The smallest absolute Gasteiger partial charge is 0.271 e. The Bertz CT molecular complexity index is 717. The molecule has 0 fully saturated rings. The number of nitro benzene ring substituents is 1. The van der Waals surface area contributed by atoms with Crippen molar-refractivity contribution in [1.82, 2.24) is 15.1 Å². The number of nitrogens with one attached hydrogen (secondary N) is 1. The van der Waals surface area contributed by atoms with Crippen molar-refractivity contribution in [3.8, 4) is 5.75 Å². The Hall–Kier alpha value is -2.61. The number of halogens is 1. The van der Waals surface area contributed by atoms with Gasteiger partial charge in [0.1, 0.15) is 11.4 Å². The summed E-state index contributed by atoms with van der Waals surface area (Å²) in [5, 5.41) is 17.6. The summed E-state index contributed by atoms with van der Waals surface area (Å²) in [6.45, 7) is 2.57. The van der Waals surface area contributed by atoms with Crippen molar-refractivity contribution in [2.75, 3.05) is 6.54 Å². The molecule has 1 aromatic heterocycles. The molecule has 0 radical (unpaired) electrons. The quantitative estimate of drug-likeness (QED) is 0.618. The van der Waals surface area contributed by atoms with Gasteiger partial charge >= 0.3 is 0 Å². The maximum absolute atomic E-state index is 11.7. The molecule has 0 aliphatic carbocycles. The van der Waals surface area contributed by atoms with Crippen LogP contribution in [0.25, 0.3) is 0 Å². The van der Waals surface area contributed by atoms with E-state index in [1.807, 2.05) is 6.92 Å². The molecule has 0 bridgehead atoms. The van der Waals surface area contributed by atoms with E-state index in [2.05, 4.69) is 10.4 Å². The molecule has 2 aromatic rings. The largest absolute Gasteiger partial charge is 0.470 e. The molecule has 8 nitrogen and oxygen atoms in total. The third-order valence-electron chi connectivity index (χ3n) is 2.89. The van der Waals surface area contributed by atoms with Crippen molar-refractivity contribution >= 4 is 23.2 Å². The zero-order chi connectivity index (χ0) is 16.8. The monoisotopic (exact) mass is 338 g/mol. The van der Waals surface area contributed by atoms with Gasteiger partial charge in [-0.2, -0.15) is 5.10 Å². The molecular formula is C14H15ClN4O4. The molecule has 0 saturated heterocycles. The number of nitrogens with zero attached hydrogens (tertiary/aromatic N) is 3. The Morgan fingerprint density at radius 3 is 2.91 bits per heavy atom. The van der Waals surface area contributed by atoms with Crippen molar-refractivity contribution in [2.24, 2.45) is 0 Å². The molecule has 0 saturated carbocycles. The van der Waals surface area contributed by atoms with E-state index in [4.69, 9.17) is 16.3 Å². The number of non-ortho nitro benzene ring substituents is 1. The van der Waals surface area contributed by atoms with Gasteiger partial charge in [0.25, 0.3) is 11.6 Å². The summed E-state index contributed by atoms with van der Waals surface area (Å²) >= 11 is 5.93. The first-order valence-electron chi connectivity index (χ1n) is 6.89. The molecule has 1 heterocycles. The zero-order valence-electron chi connectivity index (χ0n) is 12.4. The summed E-state index contributed by atoms with van der Waals surface area (Å²) in [5.74, 6) is 0.0451. The maximum atomic E-state index is 11.7. The predicted octanol–water partition coefficient (Wildman–Crippen LogP) is 2.62. The predicted molar refractivity (Wildman–Crippen MR) is 83.6 cm³/mol. The Morgan fingerprint density at radius 2 is 2.26 bits per heavy atom. The van der Waals surface area contributed by atoms with E-state index in [0.717, 1.165) is 6.42 Å². The lowest BCUT2D eigenvalue weighted by Crippen LogP contribution is -2.24. The van der Waals surface area contributed by atoms with Gasteiger partial charge in [0.05, 0.1) is 9.95 Å². The molecular weight excluding hydrogens is 324 g/mol. The summed E-state index contributed by atoms with van der Waals surface area (Å²) in [7, 11) is 0. The lowest BCUT2D eigenvalue weighted by molar-refractivity contribution is -0.384. The van der Waals surface area contributed by atoms with Crippen LogP contribution in [0, 0.1) is 10.1 Å². The Morgan fingerprint density at radius 1 is 1.48 bits per heavy atom. The maximum Gasteiger partial charge on any atom is 0.271 e. The highest BCUT2D eigenvalue weighted by atomic mass is 35.5. The van der Waals surface area contributed by atoms with Gasteiger partial charge in [-0.3, -0.25) is 14.9 Å². The van der Waals surface area contributed by atoms with Crippen LogP contribution in [0.15, 0.2) is 30.5 Å². The lowest BCUT2D eigenvalue weighted by Gasteiger charge is -2.07. The Kier molecular flexibility index (Phi) is 5.53. The molecule has 0 aliphatic rings. The standard InChI is InChI=1S/C14H15ClN4O4/c1-2-6-16-14(20)12-5-7-18(17-12)9-23-13-4-3-10(19(21)22)8-11(13)15/h3-5,7-8H,2,6,9H2,1H3,(H,16,20). The summed E-state index contributed by atoms with van der Waals surface area (Å²) in [5.41, 5.74) is 0.174. The van der Waals surface area contributed by atoms with Crippen molar-refractivity contribution < 1.29 is 14.5 Å². The molecule has 23 heavy (non-hydrogen) atoms. The second-order valence-electron chi connectivity index (χ2n) is 4.64. The van der Waals surface area contributed by atoms with Crippen molar-refractivity contribution in [3.05, 3.63) is 51.3 Å². The summed E-state index contributed by atoms with van der Waals surface area (Å²) in [4.78, 5) is 21.8. The number of hydrogen-bond acceptors (Lipinski definition) is 5. The number of aromatic nitrogens is 2. The molecule has 0 aliphatic heterocycles. The molecule has 9 heteroatoms. The average molecular weight is 339 g/mol. The van der Waals surface area contributed by atoms with Crippen LogP contribution in [0.3, 0.4) is 0 Å². The number of rotatable bonds is 7. The number of ether oxygens (including phenoxy) is 1. The molecule has 0 spiro atoms. The molecule has 0 atom stereocenters. The number of nitro groups is 1. The van der Waals surface area contributed by atoms with Crippen molar-refractivity contribution in [2.45, 2.75) is 20.1 Å². The summed E-state index contributed by atoms with van der Waals surface area (Å²) in [6.07, 6.45) is 2.44. The first-order chi connectivity index (χ1) is 11.0. The molecule has 1 aromatic carbocycles. The fraction of sp³-hybridized carbons (Fsp3) is 0.286. The average Bonchev–Trinajstić information content (AvgIpc) is 3.00. The third kappa shape index (κ3) is 4.43. The molecule has 1 amide bonds. The highest BCUT2D eigenvalue weighted by Crippen LogP contribution is 2.28. The van der Waals surface area contributed by atoms with Crippen molar-refractivity contribution in [3.63, 3.8) is 0 Å². The number of carbonyl (C=O) groups is 1. The van der Waals surface area contributed by atoms with Gasteiger partial charge in [-0.1, -0.05) is 18.5 Å². The lowest BCUT2D eigenvalue weighted by atomic mass is 10.3. The SMILES string of the molecule is CCCNC(=O)c1ccn(COc2ccc([N+](=O)[O-])cc2Cl)n1. The molecule has 122 valence electrons. The fourth-order valence-corrected chi connectivity index (χ4v) is 1.97.